The molecular formula is C12H16N4O2S. The number of hydrogen-bond acceptors (Lipinski definition) is 6. The highest BCUT2D eigenvalue weighted by atomic mass is 32.1. The Hall–Kier alpha value is -1.73. The van der Waals surface area contributed by atoms with Crippen molar-refractivity contribution in [2.75, 3.05) is 12.3 Å². The smallest absolute Gasteiger partial charge is 0.261 e. The lowest BCUT2D eigenvalue weighted by Crippen LogP contribution is -2.30. The number of carbonyl (C=O) groups excluding carboxylic acids is 1. The molecule has 2 heterocycles. The number of aliphatic hydroxyl groups excluding tert-OH is 1. The maximum absolute atomic E-state index is 12.0. The van der Waals surface area contributed by atoms with E-state index in [9.17, 15) is 9.90 Å². The summed E-state index contributed by atoms with van der Waals surface area (Å²) in [4.78, 5) is 21.7. The fraction of sp³-hybridized carbons (Fsp3) is 0.417. The SMILES string of the molecule is Cc1nc(N)c2c(C)c(C(=O)NCC(C)O)sc2n1. The van der Waals surface area contributed by atoms with Crippen molar-refractivity contribution >= 4 is 33.3 Å². The summed E-state index contributed by atoms with van der Waals surface area (Å²) in [5, 5.41) is 12.6. The second-order valence-corrected chi connectivity index (χ2v) is 5.45. The molecule has 102 valence electrons. The van der Waals surface area contributed by atoms with Crippen molar-refractivity contribution in [2.24, 2.45) is 0 Å². The van der Waals surface area contributed by atoms with Crippen molar-refractivity contribution in [1.82, 2.24) is 15.3 Å². The van der Waals surface area contributed by atoms with Gasteiger partial charge in [0.05, 0.1) is 16.4 Å². The maximum atomic E-state index is 12.0. The normalized spacial score (nSPS) is 12.6. The molecule has 6 nitrogen and oxygen atoms in total. The van der Waals surface area contributed by atoms with Crippen LogP contribution in [-0.2, 0) is 0 Å². The van der Waals surface area contributed by atoms with Crippen LogP contribution in [-0.4, -0.2) is 33.6 Å². The monoisotopic (exact) mass is 280 g/mol. The maximum Gasteiger partial charge on any atom is 0.261 e. The number of amides is 1. The van der Waals surface area contributed by atoms with Gasteiger partial charge in [-0.1, -0.05) is 0 Å². The van der Waals surface area contributed by atoms with Gasteiger partial charge < -0.3 is 16.2 Å². The van der Waals surface area contributed by atoms with Gasteiger partial charge in [0.1, 0.15) is 16.5 Å². The molecule has 1 atom stereocenters. The third-order valence-electron chi connectivity index (χ3n) is 2.69. The molecule has 0 radical (unpaired) electrons. The molecule has 2 rings (SSSR count). The molecular weight excluding hydrogens is 264 g/mol. The molecule has 7 heteroatoms. The van der Waals surface area contributed by atoms with E-state index in [2.05, 4.69) is 15.3 Å². The highest BCUT2D eigenvalue weighted by molar-refractivity contribution is 7.20. The summed E-state index contributed by atoms with van der Waals surface area (Å²) in [5.41, 5.74) is 6.66. The zero-order chi connectivity index (χ0) is 14.2. The van der Waals surface area contributed by atoms with Crippen LogP contribution in [0.1, 0.15) is 28.0 Å². The fourth-order valence-electron chi connectivity index (χ4n) is 1.82. The molecule has 0 aliphatic heterocycles. The van der Waals surface area contributed by atoms with Crippen LogP contribution in [0.25, 0.3) is 10.2 Å². The predicted octanol–water partition coefficient (Wildman–Crippen LogP) is 1.00. The van der Waals surface area contributed by atoms with E-state index in [0.29, 0.717) is 21.3 Å². The van der Waals surface area contributed by atoms with Gasteiger partial charge in [-0.25, -0.2) is 9.97 Å². The zero-order valence-electron chi connectivity index (χ0n) is 11.0. The van der Waals surface area contributed by atoms with E-state index in [1.165, 1.54) is 11.3 Å². The first-order valence-corrected chi connectivity index (χ1v) is 6.71. The largest absolute Gasteiger partial charge is 0.392 e. The van der Waals surface area contributed by atoms with E-state index < -0.39 is 6.10 Å². The number of fused-ring (bicyclic) bond motifs is 1. The van der Waals surface area contributed by atoms with Crippen LogP contribution in [0, 0.1) is 13.8 Å². The summed E-state index contributed by atoms with van der Waals surface area (Å²) >= 11 is 1.29. The van der Waals surface area contributed by atoms with Crippen LogP contribution in [0.15, 0.2) is 0 Å². The first kappa shape index (κ1) is 13.7. The third kappa shape index (κ3) is 2.66. The summed E-state index contributed by atoms with van der Waals surface area (Å²) in [5.74, 6) is 0.756. The number of carbonyl (C=O) groups is 1. The van der Waals surface area contributed by atoms with E-state index in [4.69, 9.17) is 5.73 Å². The molecule has 2 aromatic rings. The van der Waals surface area contributed by atoms with Gasteiger partial charge in [0.15, 0.2) is 0 Å². The number of nitrogens with zero attached hydrogens (tertiary/aromatic N) is 2. The Labute approximate surface area is 114 Å². The Morgan fingerprint density at radius 2 is 2.16 bits per heavy atom. The molecule has 0 aliphatic carbocycles. The van der Waals surface area contributed by atoms with Crippen molar-refractivity contribution in [1.29, 1.82) is 0 Å². The highest BCUT2D eigenvalue weighted by Gasteiger charge is 2.19. The van der Waals surface area contributed by atoms with Gasteiger partial charge in [-0.15, -0.1) is 11.3 Å². The minimum absolute atomic E-state index is 0.215. The molecule has 0 aliphatic rings. The highest BCUT2D eigenvalue weighted by Crippen LogP contribution is 2.32. The van der Waals surface area contributed by atoms with E-state index in [1.54, 1.807) is 13.8 Å². The molecule has 0 bridgehead atoms. The zero-order valence-corrected chi connectivity index (χ0v) is 11.8. The summed E-state index contributed by atoms with van der Waals surface area (Å²) in [6.07, 6.45) is -0.578. The van der Waals surface area contributed by atoms with Crippen LogP contribution < -0.4 is 11.1 Å². The average molecular weight is 280 g/mol. The third-order valence-corrected chi connectivity index (χ3v) is 3.88. The summed E-state index contributed by atoms with van der Waals surface area (Å²) in [7, 11) is 0. The van der Waals surface area contributed by atoms with E-state index >= 15 is 0 Å². The number of anilines is 1. The lowest BCUT2D eigenvalue weighted by molar-refractivity contribution is 0.0927. The Kier molecular flexibility index (Phi) is 3.68. The van der Waals surface area contributed by atoms with Crippen molar-refractivity contribution in [3.05, 3.63) is 16.3 Å². The fourth-order valence-corrected chi connectivity index (χ4v) is 2.97. The number of aryl methyl sites for hydroxylation is 2. The van der Waals surface area contributed by atoms with Gasteiger partial charge in [-0.05, 0) is 26.3 Å². The van der Waals surface area contributed by atoms with Crippen molar-refractivity contribution in [3.8, 4) is 0 Å². The number of nitrogens with one attached hydrogen (secondary N) is 1. The minimum atomic E-state index is -0.578. The first-order valence-electron chi connectivity index (χ1n) is 5.89. The average Bonchev–Trinajstić information content (AvgIpc) is 2.63. The molecule has 2 aromatic heterocycles. The number of hydrogen-bond donors (Lipinski definition) is 3. The first-order chi connectivity index (χ1) is 8.90. The van der Waals surface area contributed by atoms with Crippen LogP contribution >= 0.6 is 11.3 Å². The Bertz CT molecular complexity index is 636. The molecule has 0 saturated carbocycles. The number of aromatic nitrogens is 2. The van der Waals surface area contributed by atoms with Gasteiger partial charge in [0.25, 0.3) is 5.91 Å². The molecule has 1 unspecified atom stereocenters. The molecule has 0 spiro atoms. The molecule has 0 fully saturated rings. The molecule has 1 amide bonds. The molecule has 0 aromatic carbocycles. The van der Waals surface area contributed by atoms with E-state index in [1.807, 2.05) is 6.92 Å². The lowest BCUT2D eigenvalue weighted by atomic mass is 10.2. The Morgan fingerprint density at radius 3 is 2.79 bits per heavy atom. The Balaban J connectivity index is 2.42. The van der Waals surface area contributed by atoms with Crippen LogP contribution in [0.2, 0.25) is 0 Å². The summed E-state index contributed by atoms with van der Waals surface area (Å²) in [6, 6.07) is 0. The van der Waals surface area contributed by atoms with Crippen molar-refractivity contribution in [3.63, 3.8) is 0 Å². The second kappa shape index (κ2) is 5.10. The summed E-state index contributed by atoms with van der Waals surface area (Å²) < 4.78 is 0. The van der Waals surface area contributed by atoms with Crippen LogP contribution in [0.4, 0.5) is 5.82 Å². The second-order valence-electron chi connectivity index (χ2n) is 4.45. The van der Waals surface area contributed by atoms with Crippen molar-refractivity contribution < 1.29 is 9.90 Å². The molecule has 19 heavy (non-hydrogen) atoms. The number of nitrogens with two attached hydrogens (primary N) is 1. The van der Waals surface area contributed by atoms with Crippen molar-refractivity contribution in [2.45, 2.75) is 26.9 Å². The lowest BCUT2D eigenvalue weighted by Gasteiger charge is -2.06. The van der Waals surface area contributed by atoms with E-state index in [0.717, 1.165) is 10.9 Å². The standard InChI is InChI=1S/C12H16N4O2S/c1-5(17)4-14-11(18)9-6(2)8-10(13)15-7(3)16-12(8)19-9/h5,17H,4H2,1-3H3,(H,14,18)(H2,13,15,16). The Morgan fingerprint density at radius 1 is 1.47 bits per heavy atom. The van der Waals surface area contributed by atoms with Crippen LogP contribution in [0.3, 0.4) is 0 Å². The van der Waals surface area contributed by atoms with Gasteiger partial charge >= 0.3 is 0 Å². The van der Waals surface area contributed by atoms with Gasteiger partial charge in [-0.3, -0.25) is 4.79 Å². The predicted molar refractivity (Wildman–Crippen MR) is 75.3 cm³/mol. The topological polar surface area (TPSA) is 101 Å². The summed E-state index contributed by atoms with van der Waals surface area (Å²) in [6.45, 7) is 5.42. The van der Waals surface area contributed by atoms with Crippen LogP contribution in [0.5, 0.6) is 0 Å². The minimum Gasteiger partial charge on any atom is -0.392 e. The number of aliphatic hydroxyl groups is 1. The molecule has 0 saturated heterocycles. The molecule has 4 N–H and O–H groups in total. The number of thiophene rings is 1. The number of rotatable bonds is 3. The van der Waals surface area contributed by atoms with Gasteiger partial charge in [0, 0.05) is 6.54 Å². The van der Waals surface area contributed by atoms with Gasteiger partial charge in [-0.2, -0.15) is 0 Å². The van der Waals surface area contributed by atoms with Gasteiger partial charge in [0.2, 0.25) is 0 Å². The quantitative estimate of drug-likeness (QED) is 0.778. The number of nitrogen functional groups attached to an aromatic ring is 1. The van der Waals surface area contributed by atoms with E-state index in [-0.39, 0.29) is 12.5 Å².